The molecule has 0 saturated carbocycles. The van der Waals surface area contributed by atoms with Crippen LogP contribution in [0.15, 0.2) is 23.6 Å². The molecule has 1 amide bonds. The first-order valence-electron chi connectivity index (χ1n) is 7.33. The van der Waals surface area contributed by atoms with E-state index in [1.165, 1.54) is 0 Å². The van der Waals surface area contributed by atoms with E-state index >= 15 is 0 Å². The van der Waals surface area contributed by atoms with Gasteiger partial charge in [0.1, 0.15) is 5.82 Å². The summed E-state index contributed by atoms with van der Waals surface area (Å²) in [6, 6.07) is 5.85. The van der Waals surface area contributed by atoms with Gasteiger partial charge in [-0.1, -0.05) is 6.07 Å². The van der Waals surface area contributed by atoms with E-state index in [1.54, 1.807) is 11.3 Å². The smallest absolute Gasteiger partial charge is 0.236 e. The predicted molar refractivity (Wildman–Crippen MR) is 87.1 cm³/mol. The molecule has 3 N–H and O–H groups in total. The lowest BCUT2D eigenvalue weighted by molar-refractivity contribution is -0.130. The molecule has 22 heavy (non-hydrogen) atoms. The van der Waals surface area contributed by atoms with Crippen molar-refractivity contribution in [1.82, 2.24) is 14.9 Å². The Morgan fingerprint density at radius 1 is 1.50 bits per heavy atom. The number of hydrogen-bond acceptors (Lipinski definition) is 6. The Balaban J connectivity index is 1.80. The summed E-state index contributed by atoms with van der Waals surface area (Å²) in [5.41, 5.74) is 7.38. The number of rotatable bonds is 4. The number of nitrogens with one attached hydrogen (secondary N) is 1. The molecule has 2 aromatic heterocycles. The lowest BCUT2D eigenvalue weighted by atomic mass is 10.1. The van der Waals surface area contributed by atoms with Gasteiger partial charge in [0.15, 0.2) is 5.13 Å². The zero-order chi connectivity index (χ0) is 15.5. The Morgan fingerprint density at radius 2 is 2.36 bits per heavy atom. The summed E-state index contributed by atoms with van der Waals surface area (Å²) in [5.74, 6) is 0.733. The molecule has 1 saturated heterocycles. The van der Waals surface area contributed by atoms with Crippen LogP contribution in [-0.4, -0.2) is 33.9 Å². The Kier molecular flexibility index (Phi) is 4.35. The molecule has 6 nitrogen and oxygen atoms in total. The van der Waals surface area contributed by atoms with Gasteiger partial charge in [0.25, 0.3) is 0 Å². The third kappa shape index (κ3) is 3.10. The highest BCUT2D eigenvalue weighted by Crippen LogP contribution is 2.31. The van der Waals surface area contributed by atoms with Gasteiger partial charge in [0.05, 0.1) is 24.0 Å². The highest BCUT2D eigenvalue weighted by atomic mass is 32.1. The van der Waals surface area contributed by atoms with Crippen molar-refractivity contribution >= 4 is 28.2 Å². The van der Waals surface area contributed by atoms with Crippen LogP contribution in [0, 0.1) is 6.92 Å². The van der Waals surface area contributed by atoms with Gasteiger partial charge < -0.3 is 16.0 Å². The second kappa shape index (κ2) is 6.41. The number of hydrogen-bond donors (Lipinski definition) is 2. The topological polar surface area (TPSA) is 84.1 Å². The molecule has 1 fully saturated rings. The number of likely N-dealkylation sites (tertiary alicyclic amines) is 1. The second-order valence-corrected chi connectivity index (χ2v) is 6.17. The summed E-state index contributed by atoms with van der Waals surface area (Å²) in [5, 5.41) is 6.03. The van der Waals surface area contributed by atoms with Crippen molar-refractivity contribution in [3.8, 4) is 0 Å². The third-order valence-electron chi connectivity index (χ3n) is 3.71. The van der Waals surface area contributed by atoms with Crippen molar-refractivity contribution in [3.63, 3.8) is 0 Å². The number of aromatic nitrogens is 2. The van der Waals surface area contributed by atoms with Crippen LogP contribution in [0.4, 0.5) is 10.9 Å². The fraction of sp³-hybridized carbons (Fsp3) is 0.400. The number of amides is 1. The zero-order valence-electron chi connectivity index (χ0n) is 12.5. The molecule has 116 valence electrons. The fourth-order valence-corrected chi connectivity index (χ4v) is 3.41. The van der Waals surface area contributed by atoms with Crippen LogP contribution in [0.3, 0.4) is 0 Å². The SMILES string of the molecule is Cc1csc(Nc2cccc(C3CCCN3C(=O)CN)n2)n1. The van der Waals surface area contributed by atoms with E-state index < -0.39 is 0 Å². The molecule has 3 heterocycles. The molecule has 0 radical (unpaired) electrons. The Morgan fingerprint density at radius 3 is 3.09 bits per heavy atom. The highest BCUT2D eigenvalue weighted by molar-refractivity contribution is 7.13. The van der Waals surface area contributed by atoms with Gasteiger partial charge >= 0.3 is 0 Å². The number of anilines is 2. The van der Waals surface area contributed by atoms with Gasteiger partial charge in [-0.15, -0.1) is 11.3 Å². The maximum absolute atomic E-state index is 11.9. The molecule has 1 atom stereocenters. The van der Waals surface area contributed by atoms with Crippen LogP contribution in [0.5, 0.6) is 0 Å². The minimum atomic E-state index is -0.0155. The van der Waals surface area contributed by atoms with E-state index in [0.717, 1.165) is 41.7 Å². The van der Waals surface area contributed by atoms with Gasteiger partial charge in [0.2, 0.25) is 5.91 Å². The van der Waals surface area contributed by atoms with Gasteiger partial charge in [-0.25, -0.2) is 9.97 Å². The summed E-state index contributed by atoms with van der Waals surface area (Å²) >= 11 is 1.55. The number of carbonyl (C=O) groups excluding carboxylic acids is 1. The van der Waals surface area contributed by atoms with E-state index in [0.29, 0.717) is 0 Å². The highest BCUT2D eigenvalue weighted by Gasteiger charge is 2.30. The first-order chi connectivity index (χ1) is 10.7. The molecule has 0 aromatic carbocycles. The lowest BCUT2D eigenvalue weighted by Gasteiger charge is -2.24. The van der Waals surface area contributed by atoms with E-state index in [4.69, 9.17) is 5.73 Å². The molecule has 1 aliphatic heterocycles. The Bertz CT molecular complexity index is 671. The van der Waals surface area contributed by atoms with Gasteiger partial charge in [-0.3, -0.25) is 4.79 Å². The maximum Gasteiger partial charge on any atom is 0.236 e. The minimum absolute atomic E-state index is 0.0155. The summed E-state index contributed by atoms with van der Waals surface area (Å²) in [6.07, 6.45) is 1.92. The number of pyridine rings is 1. The van der Waals surface area contributed by atoms with Gasteiger partial charge in [-0.2, -0.15) is 0 Å². The minimum Gasteiger partial charge on any atom is -0.333 e. The summed E-state index contributed by atoms with van der Waals surface area (Å²) in [4.78, 5) is 22.8. The van der Waals surface area contributed by atoms with Crippen molar-refractivity contribution in [2.45, 2.75) is 25.8 Å². The molecule has 0 aliphatic carbocycles. The number of aryl methyl sites for hydroxylation is 1. The molecule has 3 rings (SSSR count). The molecule has 1 unspecified atom stereocenters. The molecule has 1 aliphatic rings. The summed E-state index contributed by atoms with van der Waals surface area (Å²) < 4.78 is 0. The van der Waals surface area contributed by atoms with Crippen molar-refractivity contribution < 1.29 is 4.79 Å². The average molecular weight is 317 g/mol. The van der Waals surface area contributed by atoms with E-state index in [1.807, 2.05) is 35.4 Å². The number of carbonyl (C=O) groups is 1. The van der Waals surface area contributed by atoms with Crippen LogP contribution >= 0.6 is 11.3 Å². The van der Waals surface area contributed by atoms with Crippen LogP contribution in [0.2, 0.25) is 0 Å². The molecule has 7 heteroatoms. The van der Waals surface area contributed by atoms with Crippen molar-refractivity contribution in [2.75, 3.05) is 18.4 Å². The van der Waals surface area contributed by atoms with Crippen LogP contribution in [0.1, 0.15) is 30.3 Å². The van der Waals surface area contributed by atoms with Crippen molar-refractivity contribution in [3.05, 3.63) is 35.0 Å². The van der Waals surface area contributed by atoms with Crippen LogP contribution in [0.25, 0.3) is 0 Å². The zero-order valence-corrected chi connectivity index (χ0v) is 13.3. The summed E-state index contributed by atoms with van der Waals surface area (Å²) in [6.45, 7) is 2.76. The molecule has 2 aromatic rings. The Hall–Kier alpha value is -1.99. The fourth-order valence-electron chi connectivity index (χ4n) is 2.72. The predicted octanol–water partition coefficient (Wildman–Crippen LogP) is 2.21. The van der Waals surface area contributed by atoms with Crippen LogP contribution < -0.4 is 11.1 Å². The quantitative estimate of drug-likeness (QED) is 0.903. The van der Waals surface area contributed by atoms with Crippen molar-refractivity contribution in [1.29, 1.82) is 0 Å². The third-order valence-corrected chi connectivity index (χ3v) is 4.59. The first-order valence-corrected chi connectivity index (χ1v) is 8.21. The number of nitrogens with zero attached hydrogens (tertiary/aromatic N) is 3. The molecule has 0 bridgehead atoms. The molecular formula is C15H19N5OS. The van der Waals surface area contributed by atoms with E-state index in [2.05, 4.69) is 15.3 Å². The van der Waals surface area contributed by atoms with E-state index in [9.17, 15) is 4.79 Å². The lowest BCUT2D eigenvalue weighted by Crippen LogP contribution is -2.35. The summed E-state index contributed by atoms with van der Waals surface area (Å²) in [7, 11) is 0. The van der Waals surface area contributed by atoms with Gasteiger partial charge in [0, 0.05) is 11.9 Å². The largest absolute Gasteiger partial charge is 0.333 e. The molecule has 0 spiro atoms. The Labute approximate surface area is 133 Å². The van der Waals surface area contributed by atoms with E-state index in [-0.39, 0.29) is 18.5 Å². The van der Waals surface area contributed by atoms with Crippen LogP contribution in [-0.2, 0) is 4.79 Å². The molecular weight excluding hydrogens is 298 g/mol. The monoisotopic (exact) mass is 317 g/mol. The van der Waals surface area contributed by atoms with Gasteiger partial charge in [-0.05, 0) is 31.9 Å². The normalized spacial score (nSPS) is 17.7. The number of nitrogens with two attached hydrogens (primary N) is 1. The first kappa shape index (κ1) is 14.9. The standard InChI is InChI=1S/C15H19N5OS/c1-10-9-22-15(17-10)19-13-6-2-4-11(18-13)12-5-3-7-20(12)14(21)8-16/h2,4,6,9,12H,3,5,7-8,16H2,1H3,(H,17,18,19). The average Bonchev–Trinajstić information content (AvgIpc) is 3.16. The second-order valence-electron chi connectivity index (χ2n) is 5.32. The van der Waals surface area contributed by atoms with Crippen molar-refractivity contribution in [2.24, 2.45) is 5.73 Å². The maximum atomic E-state index is 11.9. The number of thiazole rings is 1.